The topological polar surface area (TPSA) is 67.4 Å². The van der Waals surface area contributed by atoms with E-state index in [1.807, 2.05) is 76.2 Å². The summed E-state index contributed by atoms with van der Waals surface area (Å²) < 4.78 is 6.02. The number of rotatable bonds is 8. The van der Waals surface area contributed by atoms with Crippen LogP contribution in [0, 0.1) is 13.8 Å². The number of nitrogens with one attached hydrogen (secondary N) is 2. The van der Waals surface area contributed by atoms with E-state index in [9.17, 15) is 9.59 Å². The van der Waals surface area contributed by atoms with Crippen molar-refractivity contribution in [3.05, 3.63) is 95.1 Å². The minimum absolute atomic E-state index is 0.163. The van der Waals surface area contributed by atoms with E-state index in [0.717, 1.165) is 16.7 Å². The second-order valence-electron chi connectivity index (χ2n) is 7.92. The number of amides is 2. The first-order valence-corrected chi connectivity index (χ1v) is 10.9. The fraction of sp³-hybridized carbons (Fsp3) is 0.259. The first-order chi connectivity index (χ1) is 15.4. The largest absolute Gasteiger partial charge is 0.480 e. The first kappa shape index (κ1) is 23.1. The van der Waals surface area contributed by atoms with Crippen molar-refractivity contribution < 1.29 is 14.3 Å². The van der Waals surface area contributed by atoms with E-state index in [4.69, 9.17) is 4.74 Å². The second-order valence-corrected chi connectivity index (χ2v) is 7.92. The first-order valence-electron chi connectivity index (χ1n) is 10.9. The van der Waals surface area contributed by atoms with Crippen molar-refractivity contribution in [1.29, 1.82) is 0 Å². The van der Waals surface area contributed by atoms with Gasteiger partial charge < -0.3 is 15.4 Å². The van der Waals surface area contributed by atoms with E-state index in [1.165, 1.54) is 0 Å². The summed E-state index contributed by atoms with van der Waals surface area (Å²) in [5.41, 5.74) is 3.91. The van der Waals surface area contributed by atoms with Crippen LogP contribution in [0.15, 0.2) is 72.8 Å². The van der Waals surface area contributed by atoms with Gasteiger partial charge in [-0.25, -0.2) is 0 Å². The highest BCUT2D eigenvalue weighted by Gasteiger charge is 2.22. The summed E-state index contributed by atoms with van der Waals surface area (Å²) in [5, 5.41) is 5.89. The molecule has 2 atom stereocenters. The molecule has 0 aliphatic carbocycles. The van der Waals surface area contributed by atoms with Gasteiger partial charge in [0, 0.05) is 0 Å². The smallest absolute Gasteiger partial charge is 0.265 e. The highest BCUT2D eigenvalue weighted by molar-refractivity contribution is 6.04. The molecule has 166 valence electrons. The molecule has 0 saturated carbocycles. The summed E-state index contributed by atoms with van der Waals surface area (Å²) >= 11 is 0. The van der Waals surface area contributed by atoms with Gasteiger partial charge in [-0.2, -0.15) is 0 Å². The molecule has 2 amide bonds. The Kier molecular flexibility index (Phi) is 7.66. The Labute approximate surface area is 189 Å². The van der Waals surface area contributed by atoms with Crippen molar-refractivity contribution in [2.45, 2.75) is 46.3 Å². The molecular formula is C27H30N2O3. The SMILES string of the molecule is CCC(Oc1cc(C)ccc1C)C(=O)Nc1ccccc1C(=O)NC(C)c1ccccc1. The van der Waals surface area contributed by atoms with Crippen LogP contribution >= 0.6 is 0 Å². The van der Waals surface area contributed by atoms with Crippen LogP contribution in [0.1, 0.15) is 53.4 Å². The summed E-state index contributed by atoms with van der Waals surface area (Å²) in [4.78, 5) is 25.9. The van der Waals surface area contributed by atoms with Gasteiger partial charge in [0.15, 0.2) is 6.10 Å². The maximum Gasteiger partial charge on any atom is 0.265 e. The zero-order valence-electron chi connectivity index (χ0n) is 19.0. The number of benzene rings is 3. The Hall–Kier alpha value is -3.60. The van der Waals surface area contributed by atoms with E-state index in [-0.39, 0.29) is 17.9 Å². The molecular weight excluding hydrogens is 400 g/mol. The minimum Gasteiger partial charge on any atom is -0.480 e. The quantitative estimate of drug-likeness (QED) is 0.489. The molecule has 0 heterocycles. The molecule has 3 rings (SSSR count). The van der Waals surface area contributed by atoms with Crippen LogP contribution in [0.2, 0.25) is 0 Å². The lowest BCUT2D eigenvalue weighted by atomic mass is 10.1. The predicted octanol–water partition coefficient (Wildman–Crippen LogP) is 5.59. The van der Waals surface area contributed by atoms with Crippen LogP contribution in [0.4, 0.5) is 5.69 Å². The van der Waals surface area contributed by atoms with Crippen LogP contribution in [0.25, 0.3) is 0 Å². The third kappa shape index (κ3) is 5.76. The Bertz CT molecular complexity index is 1080. The number of aryl methyl sites for hydroxylation is 2. The molecule has 32 heavy (non-hydrogen) atoms. The average Bonchev–Trinajstić information content (AvgIpc) is 2.80. The lowest BCUT2D eigenvalue weighted by Crippen LogP contribution is -2.34. The maximum absolute atomic E-state index is 13.0. The second kappa shape index (κ2) is 10.6. The monoisotopic (exact) mass is 430 g/mol. The highest BCUT2D eigenvalue weighted by Crippen LogP contribution is 2.23. The van der Waals surface area contributed by atoms with E-state index in [0.29, 0.717) is 23.4 Å². The molecule has 0 radical (unpaired) electrons. The Morgan fingerprint density at radius 3 is 2.34 bits per heavy atom. The molecule has 0 saturated heterocycles. The zero-order valence-corrected chi connectivity index (χ0v) is 19.0. The van der Waals surface area contributed by atoms with Gasteiger partial charge in [-0.05, 0) is 62.1 Å². The number of anilines is 1. The van der Waals surface area contributed by atoms with Gasteiger partial charge in [-0.1, -0.05) is 61.5 Å². The number of carbonyl (C=O) groups is 2. The van der Waals surface area contributed by atoms with Crippen LogP contribution in [-0.2, 0) is 4.79 Å². The number of carbonyl (C=O) groups excluding carboxylic acids is 2. The molecule has 2 N–H and O–H groups in total. The van der Waals surface area contributed by atoms with E-state index < -0.39 is 6.10 Å². The molecule has 0 aliphatic heterocycles. The van der Waals surface area contributed by atoms with Gasteiger partial charge in [-0.15, -0.1) is 0 Å². The van der Waals surface area contributed by atoms with Crippen molar-refractivity contribution >= 4 is 17.5 Å². The molecule has 3 aromatic rings. The lowest BCUT2D eigenvalue weighted by molar-refractivity contribution is -0.122. The Morgan fingerprint density at radius 1 is 0.938 bits per heavy atom. The maximum atomic E-state index is 13.0. The van der Waals surface area contributed by atoms with Crippen LogP contribution < -0.4 is 15.4 Å². The standard InChI is InChI=1S/C27H30N2O3/c1-5-24(32-25-17-18(2)15-16-19(25)3)27(31)29-23-14-10-9-13-22(23)26(30)28-20(4)21-11-7-6-8-12-21/h6-17,20,24H,5H2,1-4H3,(H,28,30)(H,29,31). The Morgan fingerprint density at radius 2 is 1.62 bits per heavy atom. The van der Waals surface area contributed by atoms with E-state index in [1.54, 1.807) is 24.3 Å². The van der Waals surface area contributed by atoms with Gasteiger partial charge in [0.2, 0.25) is 0 Å². The Balaban J connectivity index is 1.73. The average molecular weight is 431 g/mol. The van der Waals surface area contributed by atoms with Crippen molar-refractivity contribution in [1.82, 2.24) is 5.32 Å². The van der Waals surface area contributed by atoms with Gasteiger partial charge in [0.05, 0.1) is 17.3 Å². The molecule has 0 aliphatic rings. The fourth-order valence-corrected chi connectivity index (χ4v) is 3.41. The third-order valence-corrected chi connectivity index (χ3v) is 5.35. The van der Waals surface area contributed by atoms with Crippen molar-refractivity contribution in [2.24, 2.45) is 0 Å². The molecule has 0 aromatic heterocycles. The lowest BCUT2D eigenvalue weighted by Gasteiger charge is -2.20. The molecule has 2 unspecified atom stereocenters. The summed E-state index contributed by atoms with van der Waals surface area (Å²) in [6.45, 7) is 7.76. The van der Waals surface area contributed by atoms with E-state index >= 15 is 0 Å². The summed E-state index contributed by atoms with van der Waals surface area (Å²) in [6.07, 6.45) is -0.173. The third-order valence-electron chi connectivity index (χ3n) is 5.35. The molecule has 0 bridgehead atoms. The minimum atomic E-state index is -0.671. The summed E-state index contributed by atoms with van der Waals surface area (Å²) in [6, 6.07) is 22.5. The normalized spacial score (nSPS) is 12.5. The number of ether oxygens (including phenoxy) is 1. The summed E-state index contributed by atoms with van der Waals surface area (Å²) in [7, 11) is 0. The molecule has 5 heteroatoms. The van der Waals surface area contributed by atoms with E-state index in [2.05, 4.69) is 10.6 Å². The number of para-hydroxylation sites is 1. The van der Waals surface area contributed by atoms with Gasteiger partial charge >= 0.3 is 0 Å². The predicted molar refractivity (Wildman–Crippen MR) is 128 cm³/mol. The van der Waals surface area contributed by atoms with Crippen molar-refractivity contribution in [2.75, 3.05) is 5.32 Å². The van der Waals surface area contributed by atoms with Crippen molar-refractivity contribution in [3.8, 4) is 5.75 Å². The molecule has 0 spiro atoms. The van der Waals surface area contributed by atoms with Crippen LogP contribution in [-0.4, -0.2) is 17.9 Å². The number of hydrogen-bond donors (Lipinski definition) is 2. The van der Waals surface area contributed by atoms with Crippen LogP contribution in [0.3, 0.4) is 0 Å². The molecule has 0 fully saturated rings. The van der Waals surface area contributed by atoms with Gasteiger partial charge in [-0.3, -0.25) is 9.59 Å². The van der Waals surface area contributed by atoms with Crippen molar-refractivity contribution in [3.63, 3.8) is 0 Å². The highest BCUT2D eigenvalue weighted by atomic mass is 16.5. The fourth-order valence-electron chi connectivity index (χ4n) is 3.41. The molecule has 3 aromatic carbocycles. The van der Waals surface area contributed by atoms with Crippen LogP contribution in [0.5, 0.6) is 5.75 Å². The molecule has 5 nitrogen and oxygen atoms in total. The number of hydrogen-bond acceptors (Lipinski definition) is 3. The zero-order chi connectivity index (χ0) is 23.1. The van der Waals surface area contributed by atoms with Gasteiger partial charge in [0.25, 0.3) is 11.8 Å². The van der Waals surface area contributed by atoms with Gasteiger partial charge in [0.1, 0.15) is 5.75 Å². The summed E-state index contributed by atoms with van der Waals surface area (Å²) in [5.74, 6) is 0.153.